The van der Waals surface area contributed by atoms with E-state index in [1.165, 1.54) is 21.3 Å². The van der Waals surface area contributed by atoms with Crippen LogP contribution in [0.2, 0.25) is 0 Å². The van der Waals surface area contributed by atoms with E-state index in [0.29, 0.717) is 35.8 Å². The second kappa shape index (κ2) is 9.38. The van der Waals surface area contributed by atoms with Crippen LogP contribution in [0.3, 0.4) is 0 Å². The summed E-state index contributed by atoms with van der Waals surface area (Å²) in [7, 11) is 1.43. The smallest absolute Gasteiger partial charge is 0.227 e. The van der Waals surface area contributed by atoms with Gasteiger partial charge in [0, 0.05) is 18.2 Å². The number of carbonyl (C=O) groups excluding carboxylic acids is 1. The molecule has 7 nitrogen and oxygen atoms in total. The van der Waals surface area contributed by atoms with Crippen molar-refractivity contribution in [1.82, 2.24) is 4.90 Å². The lowest BCUT2D eigenvalue weighted by atomic mass is 10.1. The lowest BCUT2D eigenvalue weighted by Crippen LogP contribution is -2.41. The molecule has 0 aliphatic carbocycles. The molecule has 1 aliphatic heterocycles. The highest BCUT2D eigenvalue weighted by molar-refractivity contribution is 7.91. The Hall–Kier alpha value is -2.74. The van der Waals surface area contributed by atoms with Crippen LogP contribution in [0.5, 0.6) is 17.2 Å². The zero-order valence-corrected chi connectivity index (χ0v) is 18.3. The van der Waals surface area contributed by atoms with Gasteiger partial charge >= 0.3 is 0 Å². The molecule has 0 radical (unpaired) electrons. The predicted octanol–water partition coefficient (Wildman–Crippen LogP) is 2.47. The Kier molecular flexibility index (Phi) is 6.87. The molecule has 0 spiro atoms. The highest BCUT2D eigenvalue weighted by Gasteiger charge is 2.35. The molecular weight excluding hydrogens is 406 g/mol. The van der Waals surface area contributed by atoms with Gasteiger partial charge in [-0.3, -0.25) is 4.79 Å². The minimum absolute atomic E-state index is 0.00532. The van der Waals surface area contributed by atoms with Crippen molar-refractivity contribution in [2.75, 3.05) is 32.8 Å². The molecule has 1 aliphatic rings. The van der Waals surface area contributed by atoms with Crippen molar-refractivity contribution in [2.24, 2.45) is 0 Å². The van der Waals surface area contributed by atoms with E-state index in [2.05, 4.69) is 0 Å². The Bertz CT molecular complexity index is 990. The Morgan fingerprint density at radius 2 is 1.70 bits per heavy atom. The molecule has 1 saturated heterocycles. The van der Waals surface area contributed by atoms with Gasteiger partial charge in [0.25, 0.3) is 0 Å². The van der Waals surface area contributed by atoms with Gasteiger partial charge in [0.1, 0.15) is 0 Å². The summed E-state index contributed by atoms with van der Waals surface area (Å²) in [6, 6.07) is 12.7. The Labute approximate surface area is 177 Å². The first-order valence-electron chi connectivity index (χ1n) is 9.70. The van der Waals surface area contributed by atoms with Crippen LogP contribution in [0.25, 0.3) is 0 Å². The second-order valence-corrected chi connectivity index (χ2v) is 9.46. The van der Waals surface area contributed by atoms with Crippen LogP contribution in [-0.4, -0.2) is 58.1 Å². The van der Waals surface area contributed by atoms with Crippen LogP contribution in [-0.2, 0) is 27.6 Å². The molecule has 2 aromatic carbocycles. The number of rotatable bonds is 8. The molecule has 0 saturated carbocycles. The molecule has 1 atom stereocenters. The number of methoxy groups -OCH3 is 3. The number of hydrogen-bond donors (Lipinski definition) is 0. The van der Waals surface area contributed by atoms with Gasteiger partial charge in [-0.15, -0.1) is 0 Å². The van der Waals surface area contributed by atoms with Crippen molar-refractivity contribution in [3.8, 4) is 17.2 Å². The molecule has 2 aromatic rings. The van der Waals surface area contributed by atoms with Crippen molar-refractivity contribution < 1.29 is 27.4 Å². The van der Waals surface area contributed by atoms with Gasteiger partial charge in [-0.2, -0.15) is 0 Å². The summed E-state index contributed by atoms with van der Waals surface area (Å²) in [5.74, 6) is 1.30. The molecule has 1 heterocycles. The van der Waals surface area contributed by atoms with E-state index in [0.717, 1.165) is 5.56 Å². The lowest BCUT2D eigenvalue weighted by molar-refractivity contribution is -0.133. The molecule has 30 heavy (non-hydrogen) atoms. The summed E-state index contributed by atoms with van der Waals surface area (Å²) in [6.45, 7) is 0.357. The first kappa shape index (κ1) is 22.0. The molecule has 8 heteroatoms. The maximum Gasteiger partial charge on any atom is 0.227 e. The van der Waals surface area contributed by atoms with E-state index in [-0.39, 0.29) is 29.9 Å². The van der Waals surface area contributed by atoms with Gasteiger partial charge in [0.15, 0.2) is 21.3 Å². The number of amides is 1. The Morgan fingerprint density at radius 1 is 1.00 bits per heavy atom. The fourth-order valence-corrected chi connectivity index (χ4v) is 5.52. The normalized spacial score (nSPS) is 17.4. The van der Waals surface area contributed by atoms with Crippen LogP contribution in [0.15, 0.2) is 42.5 Å². The Morgan fingerprint density at radius 3 is 2.27 bits per heavy atom. The maximum absolute atomic E-state index is 13.3. The molecule has 1 fully saturated rings. The van der Waals surface area contributed by atoms with Crippen LogP contribution >= 0.6 is 0 Å². The van der Waals surface area contributed by atoms with E-state index in [1.807, 2.05) is 30.3 Å². The minimum atomic E-state index is -3.13. The second-order valence-electron chi connectivity index (χ2n) is 7.23. The standard InChI is InChI=1S/C22H27NO6S/c1-27-19-10-9-17(21(28-2)22(19)29-3)13-20(24)23(14-16-7-5-4-6-8-16)18-11-12-30(25,26)15-18/h4-10,18H,11-15H2,1-3H3/t18-/m0/s1. The fraction of sp³-hybridized carbons (Fsp3) is 0.409. The number of carbonyl (C=O) groups is 1. The van der Waals surface area contributed by atoms with Gasteiger partial charge in [0.05, 0.1) is 39.3 Å². The summed E-state index contributed by atoms with van der Waals surface area (Å²) in [4.78, 5) is 15.0. The zero-order chi connectivity index (χ0) is 21.7. The van der Waals surface area contributed by atoms with Gasteiger partial charge in [0.2, 0.25) is 11.7 Å². The number of benzene rings is 2. The van der Waals surface area contributed by atoms with Crippen molar-refractivity contribution in [3.05, 3.63) is 53.6 Å². The third-order valence-corrected chi connectivity index (χ3v) is 7.04. The van der Waals surface area contributed by atoms with E-state index in [4.69, 9.17) is 14.2 Å². The third kappa shape index (κ3) is 4.87. The molecule has 162 valence electrons. The van der Waals surface area contributed by atoms with Crippen LogP contribution in [0.4, 0.5) is 0 Å². The van der Waals surface area contributed by atoms with Crippen molar-refractivity contribution >= 4 is 15.7 Å². The van der Waals surface area contributed by atoms with Crippen LogP contribution < -0.4 is 14.2 Å². The zero-order valence-electron chi connectivity index (χ0n) is 17.5. The fourth-order valence-electron chi connectivity index (χ4n) is 3.79. The highest BCUT2D eigenvalue weighted by atomic mass is 32.2. The van der Waals surface area contributed by atoms with Crippen molar-refractivity contribution in [3.63, 3.8) is 0 Å². The van der Waals surface area contributed by atoms with E-state index < -0.39 is 9.84 Å². The average Bonchev–Trinajstić information content (AvgIpc) is 3.11. The van der Waals surface area contributed by atoms with Crippen molar-refractivity contribution in [2.45, 2.75) is 25.4 Å². The largest absolute Gasteiger partial charge is 0.493 e. The molecular formula is C22H27NO6S. The van der Waals surface area contributed by atoms with E-state index >= 15 is 0 Å². The quantitative estimate of drug-likeness (QED) is 0.636. The van der Waals surface area contributed by atoms with Gasteiger partial charge in [-0.05, 0) is 18.1 Å². The number of hydrogen-bond acceptors (Lipinski definition) is 6. The first-order chi connectivity index (χ1) is 14.4. The number of ether oxygens (including phenoxy) is 3. The highest BCUT2D eigenvalue weighted by Crippen LogP contribution is 2.40. The topological polar surface area (TPSA) is 82.1 Å². The molecule has 0 N–H and O–H groups in total. The SMILES string of the molecule is COc1ccc(CC(=O)N(Cc2ccccc2)[C@H]2CCS(=O)(=O)C2)c(OC)c1OC. The monoisotopic (exact) mass is 433 g/mol. The molecule has 0 bridgehead atoms. The number of nitrogens with zero attached hydrogens (tertiary/aromatic N) is 1. The minimum Gasteiger partial charge on any atom is -0.493 e. The summed E-state index contributed by atoms with van der Waals surface area (Å²) >= 11 is 0. The summed E-state index contributed by atoms with van der Waals surface area (Å²) in [5, 5.41) is 0. The van der Waals surface area contributed by atoms with Crippen LogP contribution in [0.1, 0.15) is 17.5 Å². The maximum atomic E-state index is 13.3. The summed E-state index contributed by atoms with van der Waals surface area (Å²) < 4.78 is 40.3. The summed E-state index contributed by atoms with van der Waals surface area (Å²) in [6.07, 6.45) is 0.511. The van der Waals surface area contributed by atoms with Gasteiger partial charge in [-0.1, -0.05) is 36.4 Å². The molecule has 1 amide bonds. The molecule has 0 unspecified atom stereocenters. The van der Waals surface area contributed by atoms with E-state index in [1.54, 1.807) is 17.0 Å². The van der Waals surface area contributed by atoms with Crippen LogP contribution in [0, 0.1) is 0 Å². The van der Waals surface area contributed by atoms with E-state index in [9.17, 15) is 13.2 Å². The molecule has 3 rings (SSSR count). The number of sulfone groups is 1. The average molecular weight is 434 g/mol. The van der Waals surface area contributed by atoms with Crippen molar-refractivity contribution in [1.29, 1.82) is 0 Å². The third-order valence-electron chi connectivity index (χ3n) is 5.29. The predicted molar refractivity (Wildman–Crippen MR) is 114 cm³/mol. The first-order valence-corrected chi connectivity index (χ1v) is 11.5. The van der Waals surface area contributed by atoms with Gasteiger partial charge in [-0.25, -0.2) is 8.42 Å². The summed E-state index contributed by atoms with van der Waals surface area (Å²) in [5.41, 5.74) is 1.61. The Balaban J connectivity index is 1.90. The molecule has 0 aromatic heterocycles. The lowest BCUT2D eigenvalue weighted by Gasteiger charge is -2.29. The van der Waals surface area contributed by atoms with Gasteiger partial charge < -0.3 is 19.1 Å².